The van der Waals surface area contributed by atoms with Crippen molar-refractivity contribution in [2.24, 2.45) is 0 Å². The quantitative estimate of drug-likeness (QED) is 0.557. The second kappa shape index (κ2) is 8.59. The molecule has 0 atom stereocenters. The van der Waals surface area contributed by atoms with Gasteiger partial charge in [0.2, 0.25) is 0 Å². The molecular weight excluding hydrogens is 361 g/mol. The van der Waals surface area contributed by atoms with Crippen molar-refractivity contribution in [1.82, 2.24) is 14.3 Å². The molecule has 2 aromatic carbocycles. The fourth-order valence-corrected chi connectivity index (χ4v) is 3.32. The maximum absolute atomic E-state index is 13.1. The third-order valence-corrected chi connectivity index (χ3v) is 5.24. The van der Waals surface area contributed by atoms with Crippen molar-refractivity contribution in [2.75, 3.05) is 20.1 Å². The first-order valence-corrected chi connectivity index (χ1v) is 9.79. The fourth-order valence-electron chi connectivity index (χ4n) is 2.76. The summed E-state index contributed by atoms with van der Waals surface area (Å²) in [4.78, 5) is 6.73. The van der Waals surface area contributed by atoms with E-state index in [-0.39, 0.29) is 5.82 Å². The van der Waals surface area contributed by atoms with Crippen molar-refractivity contribution in [1.29, 1.82) is 0 Å². The second-order valence-corrected chi connectivity index (χ2v) is 7.40. The average Bonchev–Trinajstić information content (AvgIpc) is 3.12. The third-order valence-electron chi connectivity index (χ3n) is 4.64. The lowest BCUT2D eigenvalue weighted by atomic mass is 10.0. The van der Waals surface area contributed by atoms with Gasteiger partial charge < -0.3 is 9.64 Å². The van der Waals surface area contributed by atoms with Crippen LogP contribution in [0.2, 0.25) is 0 Å². The lowest BCUT2D eigenvalue weighted by molar-refractivity contribution is 0.357. The summed E-state index contributed by atoms with van der Waals surface area (Å²) in [6.07, 6.45) is 1.02. The maximum Gasteiger partial charge on any atom is 0.299 e. The van der Waals surface area contributed by atoms with Crippen LogP contribution in [0.4, 0.5) is 4.39 Å². The first-order valence-electron chi connectivity index (χ1n) is 9.02. The van der Waals surface area contributed by atoms with E-state index in [1.807, 2.05) is 6.92 Å². The van der Waals surface area contributed by atoms with Crippen molar-refractivity contribution < 1.29 is 9.13 Å². The SMILES string of the molecule is CCN(C)CCc1cc(C)c(Oc2nc(-c3ccc(F)cc3)ns2)cc1C. The summed E-state index contributed by atoms with van der Waals surface area (Å²) in [6, 6.07) is 10.4. The van der Waals surface area contributed by atoms with Crippen molar-refractivity contribution in [3.8, 4) is 22.3 Å². The third kappa shape index (κ3) is 4.90. The molecule has 0 radical (unpaired) electrons. The molecule has 3 rings (SSSR count). The Balaban J connectivity index is 1.74. The van der Waals surface area contributed by atoms with Gasteiger partial charge in [-0.1, -0.05) is 13.0 Å². The van der Waals surface area contributed by atoms with E-state index in [9.17, 15) is 4.39 Å². The number of ether oxygens (including phenoxy) is 1. The standard InChI is InChI=1S/C21H24FN3OS/c1-5-25(4)11-10-17-12-15(3)19(13-14(17)2)26-21-23-20(24-27-21)16-6-8-18(22)9-7-16/h6-9,12-13H,5,10-11H2,1-4H3. The summed E-state index contributed by atoms with van der Waals surface area (Å²) in [6.45, 7) is 8.40. The minimum absolute atomic E-state index is 0.276. The van der Waals surface area contributed by atoms with E-state index in [2.05, 4.69) is 47.3 Å². The topological polar surface area (TPSA) is 38.2 Å². The largest absolute Gasteiger partial charge is 0.430 e. The van der Waals surface area contributed by atoms with E-state index in [0.717, 1.165) is 36.4 Å². The highest BCUT2D eigenvalue weighted by atomic mass is 32.1. The number of benzene rings is 2. The smallest absolute Gasteiger partial charge is 0.299 e. The first-order chi connectivity index (χ1) is 13.0. The predicted molar refractivity (Wildman–Crippen MR) is 108 cm³/mol. The molecule has 6 heteroatoms. The molecule has 3 aromatic rings. The molecule has 27 heavy (non-hydrogen) atoms. The van der Waals surface area contributed by atoms with Gasteiger partial charge in [0.05, 0.1) is 0 Å². The average molecular weight is 386 g/mol. The van der Waals surface area contributed by atoms with Gasteiger partial charge in [0.1, 0.15) is 11.6 Å². The minimum atomic E-state index is -0.276. The van der Waals surface area contributed by atoms with E-state index >= 15 is 0 Å². The molecule has 1 aromatic heterocycles. The Labute approximate surface area is 163 Å². The van der Waals surface area contributed by atoms with Gasteiger partial charge in [-0.05, 0) is 80.9 Å². The molecule has 1 heterocycles. The summed E-state index contributed by atoms with van der Waals surface area (Å²) < 4.78 is 23.4. The van der Waals surface area contributed by atoms with E-state index in [1.54, 1.807) is 12.1 Å². The van der Waals surface area contributed by atoms with Gasteiger partial charge in [-0.25, -0.2) is 4.39 Å². The molecule has 4 nitrogen and oxygen atoms in total. The molecule has 0 unspecified atom stereocenters. The molecule has 0 amide bonds. The highest BCUT2D eigenvalue weighted by molar-refractivity contribution is 7.07. The zero-order valence-electron chi connectivity index (χ0n) is 16.1. The molecule has 0 bridgehead atoms. The van der Waals surface area contributed by atoms with Gasteiger partial charge in [-0.2, -0.15) is 9.36 Å². The molecule has 0 fully saturated rings. The summed E-state index contributed by atoms with van der Waals surface area (Å²) in [5, 5.41) is 0.482. The molecule has 0 aliphatic carbocycles. The molecule has 0 aliphatic heterocycles. The minimum Gasteiger partial charge on any atom is -0.430 e. The van der Waals surface area contributed by atoms with Gasteiger partial charge in [0.25, 0.3) is 5.19 Å². The monoisotopic (exact) mass is 385 g/mol. The Kier molecular flexibility index (Phi) is 6.19. The Bertz CT molecular complexity index is 908. The van der Waals surface area contributed by atoms with Crippen LogP contribution in [0.3, 0.4) is 0 Å². The van der Waals surface area contributed by atoms with Crippen molar-refractivity contribution in [3.63, 3.8) is 0 Å². The highest BCUT2D eigenvalue weighted by Gasteiger charge is 2.12. The second-order valence-electron chi connectivity index (χ2n) is 6.68. The van der Waals surface area contributed by atoms with E-state index in [0.29, 0.717) is 11.0 Å². The Hall–Kier alpha value is -2.31. The van der Waals surface area contributed by atoms with E-state index < -0.39 is 0 Å². The Morgan fingerprint density at radius 3 is 2.56 bits per heavy atom. The molecule has 142 valence electrons. The van der Waals surface area contributed by atoms with Gasteiger partial charge in [-0.15, -0.1) is 0 Å². The lowest BCUT2D eigenvalue weighted by Crippen LogP contribution is -2.20. The highest BCUT2D eigenvalue weighted by Crippen LogP contribution is 2.31. The molecule has 0 N–H and O–H groups in total. The predicted octanol–water partition coefficient (Wildman–Crippen LogP) is 5.25. The van der Waals surface area contributed by atoms with Crippen LogP contribution in [0.5, 0.6) is 10.9 Å². The normalized spacial score (nSPS) is 11.2. The van der Waals surface area contributed by atoms with Crippen molar-refractivity contribution >= 4 is 11.5 Å². The molecule has 0 saturated heterocycles. The van der Waals surface area contributed by atoms with Crippen LogP contribution < -0.4 is 4.74 Å². The molecule has 0 aliphatic rings. The van der Waals surface area contributed by atoms with Gasteiger partial charge >= 0.3 is 0 Å². The first kappa shape index (κ1) is 19.5. The van der Waals surface area contributed by atoms with Crippen LogP contribution in [0.25, 0.3) is 11.4 Å². The number of hydrogen-bond donors (Lipinski definition) is 0. The Morgan fingerprint density at radius 1 is 1.11 bits per heavy atom. The molecular formula is C21H24FN3OS. The summed E-state index contributed by atoms with van der Waals surface area (Å²) >= 11 is 1.20. The van der Waals surface area contributed by atoms with Crippen LogP contribution in [-0.2, 0) is 6.42 Å². The lowest BCUT2D eigenvalue weighted by Gasteiger charge is -2.16. The van der Waals surface area contributed by atoms with Crippen molar-refractivity contribution in [3.05, 3.63) is 58.9 Å². The summed E-state index contributed by atoms with van der Waals surface area (Å²) in [7, 11) is 2.13. The zero-order chi connectivity index (χ0) is 19.4. The van der Waals surface area contributed by atoms with Crippen molar-refractivity contribution in [2.45, 2.75) is 27.2 Å². The summed E-state index contributed by atoms with van der Waals surface area (Å²) in [5.74, 6) is 1.06. The van der Waals surface area contributed by atoms with Gasteiger partial charge in [-0.3, -0.25) is 0 Å². The van der Waals surface area contributed by atoms with Gasteiger partial charge in [0.15, 0.2) is 5.82 Å². The molecule has 0 saturated carbocycles. The Morgan fingerprint density at radius 2 is 1.85 bits per heavy atom. The van der Waals surface area contributed by atoms with Gasteiger partial charge in [0, 0.05) is 23.6 Å². The van der Waals surface area contributed by atoms with Crippen LogP contribution in [0.15, 0.2) is 36.4 Å². The number of aromatic nitrogens is 2. The number of aryl methyl sites for hydroxylation is 2. The fraction of sp³-hybridized carbons (Fsp3) is 0.333. The van der Waals surface area contributed by atoms with E-state index in [4.69, 9.17) is 4.74 Å². The number of halogens is 1. The number of likely N-dealkylation sites (N-methyl/N-ethyl adjacent to an activating group) is 1. The van der Waals surface area contributed by atoms with E-state index in [1.165, 1.54) is 34.8 Å². The van der Waals surface area contributed by atoms with Crippen LogP contribution in [-0.4, -0.2) is 34.4 Å². The zero-order valence-corrected chi connectivity index (χ0v) is 16.9. The maximum atomic E-state index is 13.1. The summed E-state index contributed by atoms with van der Waals surface area (Å²) in [5.41, 5.74) is 4.40. The van der Waals surface area contributed by atoms with Crippen LogP contribution >= 0.6 is 11.5 Å². The number of hydrogen-bond acceptors (Lipinski definition) is 5. The van der Waals surface area contributed by atoms with Crippen LogP contribution in [0.1, 0.15) is 23.6 Å². The number of nitrogens with zero attached hydrogens (tertiary/aromatic N) is 3. The van der Waals surface area contributed by atoms with Crippen LogP contribution in [0, 0.1) is 19.7 Å². The molecule has 0 spiro atoms. The number of rotatable bonds is 7.